The fourth-order valence-electron chi connectivity index (χ4n) is 9.08. The van der Waals surface area contributed by atoms with Crippen LogP contribution in [-0.2, 0) is 14.4 Å². The van der Waals surface area contributed by atoms with E-state index in [1.165, 1.54) is 22.9 Å². The van der Waals surface area contributed by atoms with Gasteiger partial charge in [0.1, 0.15) is 17.6 Å². The summed E-state index contributed by atoms with van der Waals surface area (Å²) in [6.45, 7) is 3.43. The van der Waals surface area contributed by atoms with E-state index in [2.05, 4.69) is 41.0 Å². The molecular weight excluding hydrogens is 757 g/mol. The molecule has 1 atom stereocenters. The summed E-state index contributed by atoms with van der Waals surface area (Å²) in [5, 5.41) is 12.0. The molecule has 5 heterocycles. The summed E-state index contributed by atoms with van der Waals surface area (Å²) in [5.74, 6) is -0.743. The summed E-state index contributed by atoms with van der Waals surface area (Å²) >= 11 is 0. The quantitative estimate of drug-likeness (QED) is 0.145. The zero-order chi connectivity index (χ0) is 40.9. The lowest BCUT2D eigenvalue weighted by Gasteiger charge is -2.42. The van der Waals surface area contributed by atoms with Gasteiger partial charge in [-0.2, -0.15) is 0 Å². The Labute approximate surface area is 342 Å². The second-order valence-electron chi connectivity index (χ2n) is 16.3. The van der Waals surface area contributed by atoms with E-state index in [1.807, 2.05) is 0 Å². The first-order valence-corrected chi connectivity index (χ1v) is 20.9. The second-order valence-corrected chi connectivity index (χ2v) is 16.3. The largest absolute Gasteiger partial charge is 0.374 e. The number of pyridine rings is 1. The number of carbonyl (C=O) groups is 3. The Hall–Kier alpha value is -5.70. The number of aromatic nitrogens is 3. The van der Waals surface area contributed by atoms with Gasteiger partial charge in [0.15, 0.2) is 5.82 Å². The third-order valence-electron chi connectivity index (χ3n) is 12.4. The number of halogens is 2. The Morgan fingerprint density at radius 2 is 1.58 bits per heavy atom. The fraction of sp³-hybridized carbons (Fsp3) is 0.455. The molecule has 1 saturated carbocycles. The van der Waals surface area contributed by atoms with Crippen LogP contribution in [0.25, 0.3) is 16.9 Å². The highest BCUT2D eigenvalue weighted by Gasteiger charge is 2.31. The molecule has 3 amide bonds. The van der Waals surface area contributed by atoms with Crippen LogP contribution in [0.3, 0.4) is 0 Å². The van der Waals surface area contributed by atoms with Crippen molar-refractivity contribution in [1.82, 2.24) is 30.1 Å². The predicted molar refractivity (Wildman–Crippen MR) is 221 cm³/mol. The SMILES string of the molecule is O=C1CCC(Nc2ccc(N3CCC(N4CCC(CC(=O)N[C@H]5CC[C@H](Nc6ncc(F)c(-c7cccc(-n8ccccc8=O)c7)n6)CC5)CC4)CC3)c(F)c2)C(=O)N1. The van der Waals surface area contributed by atoms with Crippen LogP contribution in [0.1, 0.15) is 70.6 Å². The van der Waals surface area contributed by atoms with Gasteiger partial charge >= 0.3 is 0 Å². The summed E-state index contributed by atoms with van der Waals surface area (Å²) in [5.41, 5.74) is 2.21. The Morgan fingerprint density at radius 1 is 0.797 bits per heavy atom. The molecule has 4 aliphatic rings. The highest BCUT2D eigenvalue weighted by molar-refractivity contribution is 6.01. The Kier molecular flexibility index (Phi) is 12.3. The molecule has 8 rings (SSSR count). The standard InChI is InChI=1S/C44H51F2N9O4/c45-35-26-32(48-37-12-14-39(56)51-43(37)59)11-13-38(35)54-22-17-33(18-23-54)53-20-15-28(16-21-53)24-40(57)49-30-7-9-31(10-8-30)50-44-47-27-36(46)42(52-44)29-4-3-5-34(25-29)55-19-2-1-6-41(55)58/h1-6,11,13,19,25-28,30-31,33,37,48H,7-10,12,14-18,20-24H2,(H,49,57)(H,47,50,52)(H,51,56,59)/t30-,31-,37?. The van der Waals surface area contributed by atoms with Gasteiger partial charge in [-0.05, 0) is 113 Å². The summed E-state index contributed by atoms with van der Waals surface area (Å²) in [4.78, 5) is 62.4. The van der Waals surface area contributed by atoms with E-state index in [9.17, 15) is 23.6 Å². The van der Waals surface area contributed by atoms with Crippen molar-refractivity contribution in [2.24, 2.45) is 5.92 Å². The number of piperidine rings is 3. The van der Waals surface area contributed by atoms with Crippen LogP contribution in [0.4, 0.5) is 26.1 Å². The van der Waals surface area contributed by atoms with Crippen LogP contribution in [0, 0.1) is 17.6 Å². The molecular formula is C44H51F2N9O4. The fourth-order valence-corrected chi connectivity index (χ4v) is 9.08. The number of hydrogen-bond donors (Lipinski definition) is 4. The molecule has 310 valence electrons. The number of likely N-dealkylation sites (tertiary alicyclic amines) is 1. The average Bonchev–Trinajstić information content (AvgIpc) is 3.24. The van der Waals surface area contributed by atoms with Gasteiger partial charge in [0.25, 0.3) is 5.56 Å². The zero-order valence-corrected chi connectivity index (χ0v) is 33.0. The van der Waals surface area contributed by atoms with Crippen LogP contribution in [0.2, 0.25) is 0 Å². The van der Waals surface area contributed by atoms with Crippen LogP contribution in [-0.4, -0.2) is 87.5 Å². The minimum absolute atomic E-state index is 0.0978. The van der Waals surface area contributed by atoms with Crippen molar-refractivity contribution in [3.8, 4) is 16.9 Å². The van der Waals surface area contributed by atoms with Gasteiger partial charge in [-0.3, -0.25) is 29.1 Å². The Balaban J connectivity index is 0.742. The summed E-state index contributed by atoms with van der Waals surface area (Å²) in [6, 6.07) is 17.0. The first-order valence-electron chi connectivity index (χ1n) is 20.9. The lowest BCUT2D eigenvalue weighted by Crippen LogP contribution is -2.48. The van der Waals surface area contributed by atoms with E-state index in [0.29, 0.717) is 53.4 Å². The van der Waals surface area contributed by atoms with Crippen LogP contribution >= 0.6 is 0 Å². The molecule has 0 bridgehead atoms. The molecule has 1 aliphatic carbocycles. The molecule has 59 heavy (non-hydrogen) atoms. The van der Waals surface area contributed by atoms with Crippen molar-refractivity contribution >= 4 is 35.0 Å². The molecule has 3 aliphatic heterocycles. The van der Waals surface area contributed by atoms with Gasteiger partial charge in [0, 0.05) is 73.3 Å². The van der Waals surface area contributed by atoms with E-state index < -0.39 is 11.9 Å². The Bertz CT molecular complexity index is 2210. The van der Waals surface area contributed by atoms with Crippen molar-refractivity contribution < 1.29 is 23.2 Å². The molecule has 0 spiro atoms. The van der Waals surface area contributed by atoms with Gasteiger partial charge in [-0.25, -0.2) is 18.7 Å². The number of rotatable bonds is 11. The van der Waals surface area contributed by atoms with Gasteiger partial charge in [0.05, 0.1) is 11.9 Å². The van der Waals surface area contributed by atoms with Crippen molar-refractivity contribution in [3.05, 3.63) is 95.0 Å². The van der Waals surface area contributed by atoms with Crippen LogP contribution in [0.15, 0.2) is 77.9 Å². The van der Waals surface area contributed by atoms with E-state index in [1.54, 1.807) is 54.7 Å². The second kappa shape index (κ2) is 18.1. The number of imide groups is 1. The summed E-state index contributed by atoms with van der Waals surface area (Å²) in [6.07, 6.45) is 11.2. The third kappa shape index (κ3) is 9.78. The first kappa shape index (κ1) is 40.1. The van der Waals surface area contributed by atoms with Gasteiger partial charge < -0.3 is 25.8 Å². The van der Waals surface area contributed by atoms with E-state index >= 15 is 4.39 Å². The molecule has 13 nitrogen and oxygen atoms in total. The van der Waals surface area contributed by atoms with Crippen molar-refractivity contribution in [3.63, 3.8) is 0 Å². The normalized spacial score (nSPS) is 22.1. The molecule has 2 aromatic heterocycles. The van der Waals surface area contributed by atoms with E-state index in [4.69, 9.17) is 0 Å². The topological polar surface area (TPSA) is 154 Å². The number of nitrogens with zero attached hydrogens (tertiary/aromatic N) is 5. The van der Waals surface area contributed by atoms with E-state index in [0.717, 1.165) is 77.5 Å². The van der Waals surface area contributed by atoms with Gasteiger partial charge in [-0.1, -0.05) is 18.2 Å². The number of nitrogens with one attached hydrogen (secondary N) is 4. The lowest BCUT2D eigenvalue weighted by molar-refractivity contribution is -0.133. The molecule has 0 radical (unpaired) electrons. The number of amides is 3. The van der Waals surface area contributed by atoms with Crippen molar-refractivity contribution in [2.45, 2.75) is 94.8 Å². The monoisotopic (exact) mass is 807 g/mol. The number of hydrogen-bond acceptors (Lipinski definition) is 10. The highest BCUT2D eigenvalue weighted by atomic mass is 19.1. The zero-order valence-electron chi connectivity index (χ0n) is 33.0. The molecule has 4 aromatic rings. The molecule has 1 unspecified atom stereocenters. The first-order chi connectivity index (χ1) is 28.6. The average molecular weight is 808 g/mol. The Morgan fingerprint density at radius 3 is 2.32 bits per heavy atom. The smallest absolute Gasteiger partial charge is 0.255 e. The van der Waals surface area contributed by atoms with Gasteiger partial charge in [0.2, 0.25) is 23.7 Å². The van der Waals surface area contributed by atoms with Crippen LogP contribution < -0.4 is 31.7 Å². The molecule has 4 fully saturated rings. The number of benzene rings is 2. The number of anilines is 3. The van der Waals surface area contributed by atoms with Crippen LogP contribution in [0.5, 0.6) is 0 Å². The highest BCUT2D eigenvalue weighted by Crippen LogP contribution is 2.31. The lowest BCUT2D eigenvalue weighted by atomic mass is 9.89. The summed E-state index contributed by atoms with van der Waals surface area (Å²) in [7, 11) is 0. The molecule has 2 aromatic carbocycles. The maximum atomic E-state index is 15.2. The van der Waals surface area contributed by atoms with Crippen molar-refractivity contribution in [2.75, 3.05) is 41.7 Å². The maximum absolute atomic E-state index is 15.2. The third-order valence-corrected chi connectivity index (χ3v) is 12.4. The predicted octanol–water partition coefficient (Wildman–Crippen LogP) is 5.40. The number of carbonyl (C=O) groups excluding carboxylic acids is 3. The van der Waals surface area contributed by atoms with Crippen molar-refractivity contribution in [1.29, 1.82) is 0 Å². The van der Waals surface area contributed by atoms with Gasteiger partial charge in [-0.15, -0.1) is 0 Å². The minimum atomic E-state index is -0.558. The molecule has 4 N–H and O–H groups in total. The summed E-state index contributed by atoms with van der Waals surface area (Å²) < 4.78 is 31.7. The van der Waals surface area contributed by atoms with E-state index in [-0.39, 0.29) is 53.3 Å². The molecule has 3 saturated heterocycles. The maximum Gasteiger partial charge on any atom is 0.255 e. The minimum Gasteiger partial charge on any atom is -0.374 e. The molecule has 15 heteroatoms.